The SMILES string of the molecule is CCOC(=O)/C=C/CNc1cc(CS(=O)(=O)/C=C/c2c(OC)cc(OC)cc2OC)cnc1OC. The lowest BCUT2D eigenvalue weighted by molar-refractivity contribution is -0.137. The van der Waals surface area contributed by atoms with Gasteiger partial charge in [0.1, 0.15) is 17.2 Å². The van der Waals surface area contributed by atoms with Crippen molar-refractivity contribution in [2.75, 3.05) is 46.9 Å². The zero-order valence-electron chi connectivity index (χ0n) is 20.4. The molecule has 35 heavy (non-hydrogen) atoms. The van der Waals surface area contributed by atoms with Crippen molar-refractivity contribution in [1.82, 2.24) is 4.98 Å². The topological polar surface area (TPSA) is 122 Å². The van der Waals surface area contributed by atoms with Crippen LogP contribution in [0.15, 0.2) is 42.0 Å². The van der Waals surface area contributed by atoms with Gasteiger partial charge in [-0.25, -0.2) is 18.2 Å². The van der Waals surface area contributed by atoms with E-state index in [1.807, 2.05) is 0 Å². The minimum absolute atomic E-state index is 0.282. The smallest absolute Gasteiger partial charge is 0.330 e. The van der Waals surface area contributed by atoms with Gasteiger partial charge in [0.2, 0.25) is 5.88 Å². The summed E-state index contributed by atoms with van der Waals surface area (Å²) in [5.41, 5.74) is 1.39. The van der Waals surface area contributed by atoms with Gasteiger partial charge in [-0.1, -0.05) is 6.08 Å². The summed E-state index contributed by atoms with van der Waals surface area (Å²) in [5.74, 6) is 0.867. The Morgan fingerprint density at radius 2 is 1.71 bits per heavy atom. The van der Waals surface area contributed by atoms with Gasteiger partial charge < -0.3 is 29.0 Å². The van der Waals surface area contributed by atoms with Gasteiger partial charge >= 0.3 is 5.97 Å². The number of carbonyl (C=O) groups is 1. The van der Waals surface area contributed by atoms with E-state index < -0.39 is 15.8 Å². The van der Waals surface area contributed by atoms with Crippen LogP contribution < -0.4 is 24.3 Å². The first-order valence-electron chi connectivity index (χ1n) is 10.6. The maximum Gasteiger partial charge on any atom is 0.330 e. The minimum atomic E-state index is -3.68. The fourth-order valence-electron chi connectivity index (χ4n) is 3.03. The fraction of sp³-hybridized carbons (Fsp3) is 0.333. The third-order valence-electron chi connectivity index (χ3n) is 4.62. The molecule has 0 saturated carbocycles. The Labute approximate surface area is 205 Å². The van der Waals surface area contributed by atoms with Crippen LogP contribution in [0.2, 0.25) is 0 Å². The molecular formula is C24H30N2O8S. The molecule has 1 aromatic heterocycles. The number of rotatable bonds is 13. The molecule has 2 rings (SSSR count). The number of esters is 1. The van der Waals surface area contributed by atoms with E-state index in [-0.39, 0.29) is 18.9 Å². The Kier molecular flexibility index (Phi) is 10.4. The summed E-state index contributed by atoms with van der Waals surface area (Å²) >= 11 is 0. The van der Waals surface area contributed by atoms with Crippen molar-refractivity contribution in [2.24, 2.45) is 0 Å². The summed E-state index contributed by atoms with van der Waals surface area (Å²) in [6.07, 6.45) is 5.73. The third kappa shape index (κ3) is 8.21. The lowest BCUT2D eigenvalue weighted by atomic mass is 10.1. The molecule has 190 valence electrons. The average Bonchev–Trinajstić information content (AvgIpc) is 2.84. The van der Waals surface area contributed by atoms with Gasteiger partial charge in [-0.3, -0.25) is 0 Å². The first-order valence-corrected chi connectivity index (χ1v) is 12.3. The molecule has 0 fully saturated rings. The average molecular weight is 507 g/mol. The van der Waals surface area contributed by atoms with E-state index in [2.05, 4.69) is 10.3 Å². The van der Waals surface area contributed by atoms with E-state index in [1.54, 1.807) is 31.2 Å². The number of sulfone groups is 1. The lowest BCUT2D eigenvalue weighted by Crippen LogP contribution is -2.06. The summed E-state index contributed by atoms with van der Waals surface area (Å²) in [5, 5.41) is 4.14. The molecule has 0 saturated heterocycles. The second-order valence-electron chi connectivity index (χ2n) is 6.99. The number of aromatic nitrogens is 1. The first-order chi connectivity index (χ1) is 16.8. The highest BCUT2D eigenvalue weighted by molar-refractivity contribution is 7.93. The maximum atomic E-state index is 12.8. The van der Waals surface area contributed by atoms with Gasteiger partial charge in [-0.2, -0.15) is 0 Å². The number of hydrogen-bond donors (Lipinski definition) is 1. The lowest BCUT2D eigenvalue weighted by Gasteiger charge is -2.12. The highest BCUT2D eigenvalue weighted by atomic mass is 32.2. The van der Waals surface area contributed by atoms with Crippen molar-refractivity contribution < 1.29 is 36.9 Å². The molecule has 1 heterocycles. The largest absolute Gasteiger partial charge is 0.496 e. The van der Waals surface area contributed by atoms with Gasteiger partial charge in [0.15, 0.2) is 9.84 Å². The zero-order chi connectivity index (χ0) is 25.8. The van der Waals surface area contributed by atoms with E-state index >= 15 is 0 Å². The van der Waals surface area contributed by atoms with Crippen LogP contribution in [0, 0.1) is 0 Å². The molecule has 0 unspecified atom stereocenters. The van der Waals surface area contributed by atoms with Crippen LogP contribution in [0.3, 0.4) is 0 Å². The van der Waals surface area contributed by atoms with Crippen LogP contribution >= 0.6 is 0 Å². The van der Waals surface area contributed by atoms with Crippen molar-refractivity contribution in [3.05, 3.63) is 53.1 Å². The summed E-state index contributed by atoms with van der Waals surface area (Å²) in [4.78, 5) is 15.6. The first kappa shape index (κ1) is 27.5. The Morgan fingerprint density at radius 3 is 2.29 bits per heavy atom. The van der Waals surface area contributed by atoms with Crippen LogP contribution in [0.5, 0.6) is 23.1 Å². The number of pyridine rings is 1. The molecule has 0 atom stereocenters. The van der Waals surface area contributed by atoms with Crippen LogP contribution in [-0.2, 0) is 25.1 Å². The maximum absolute atomic E-state index is 12.8. The van der Waals surface area contributed by atoms with Crippen LogP contribution in [0.1, 0.15) is 18.1 Å². The molecule has 2 aromatic rings. The second kappa shape index (κ2) is 13.2. The molecule has 0 aliphatic heterocycles. The molecule has 0 radical (unpaired) electrons. The molecule has 0 spiro atoms. The van der Waals surface area contributed by atoms with E-state index in [0.717, 1.165) is 5.41 Å². The summed E-state index contributed by atoms with van der Waals surface area (Å²) in [6, 6.07) is 4.90. The molecule has 1 aromatic carbocycles. The van der Waals surface area contributed by atoms with Crippen molar-refractivity contribution >= 4 is 27.6 Å². The van der Waals surface area contributed by atoms with Crippen LogP contribution in [0.4, 0.5) is 5.69 Å². The zero-order valence-corrected chi connectivity index (χ0v) is 21.2. The van der Waals surface area contributed by atoms with Crippen molar-refractivity contribution in [2.45, 2.75) is 12.7 Å². The Bertz CT molecular complexity index is 1150. The van der Waals surface area contributed by atoms with Gasteiger partial charge in [-0.05, 0) is 24.6 Å². The number of benzene rings is 1. The predicted octanol–water partition coefficient (Wildman–Crippen LogP) is 3.23. The van der Waals surface area contributed by atoms with Gasteiger partial charge in [0.05, 0.1) is 52.0 Å². The number of hydrogen-bond acceptors (Lipinski definition) is 10. The number of nitrogens with zero attached hydrogens (tertiary/aromatic N) is 1. The van der Waals surface area contributed by atoms with Gasteiger partial charge in [0.25, 0.3) is 0 Å². The van der Waals surface area contributed by atoms with Crippen molar-refractivity contribution in [1.29, 1.82) is 0 Å². The predicted molar refractivity (Wildman–Crippen MR) is 133 cm³/mol. The monoisotopic (exact) mass is 506 g/mol. The molecule has 1 N–H and O–H groups in total. The normalized spacial score (nSPS) is 11.5. The van der Waals surface area contributed by atoms with Crippen LogP contribution in [0.25, 0.3) is 6.08 Å². The second-order valence-corrected chi connectivity index (χ2v) is 8.88. The molecular weight excluding hydrogens is 476 g/mol. The molecule has 11 heteroatoms. The summed E-state index contributed by atoms with van der Waals surface area (Å²) in [6.45, 7) is 2.29. The molecule has 10 nitrogen and oxygen atoms in total. The fourth-order valence-corrected chi connectivity index (χ4v) is 4.09. The molecule has 0 amide bonds. The van der Waals surface area contributed by atoms with Gasteiger partial charge in [0, 0.05) is 36.4 Å². The Morgan fingerprint density at radius 1 is 1.03 bits per heavy atom. The van der Waals surface area contributed by atoms with E-state index in [9.17, 15) is 13.2 Å². The number of methoxy groups -OCH3 is 4. The quantitative estimate of drug-likeness (QED) is 0.320. The molecule has 0 aliphatic carbocycles. The number of nitrogens with one attached hydrogen (secondary N) is 1. The van der Waals surface area contributed by atoms with Gasteiger partial charge in [-0.15, -0.1) is 0 Å². The van der Waals surface area contributed by atoms with E-state index in [4.69, 9.17) is 23.7 Å². The number of anilines is 1. The molecule has 0 aliphatic rings. The highest BCUT2D eigenvalue weighted by Gasteiger charge is 2.15. The third-order valence-corrected chi connectivity index (χ3v) is 5.90. The van der Waals surface area contributed by atoms with Crippen molar-refractivity contribution in [3.8, 4) is 23.1 Å². The van der Waals surface area contributed by atoms with E-state index in [1.165, 1.54) is 46.8 Å². The van der Waals surface area contributed by atoms with E-state index in [0.29, 0.717) is 39.9 Å². The Balaban J connectivity index is 2.21. The minimum Gasteiger partial charge on any atom is -0.496 e. The summed E-state index contributed by atoms with van der Waals surface area (Å²) < 4.78 is 51.6. The van der Waals surface area contributed by atoms with Crippen LogP contribution in [-0.4, -0.2) is 61.0 Å². The summed E-state index contributed by atoms with van der Waals surface area (Å²) in [7, 11) is 2.23. The standard InChI is InChI=1S/C24H30N2O8S/c1-6-34-23(27)8-7-10-25-20-12-17(15-26-24(20)33-5)16-35(28,29)11-9-19-21(31-3)13-18(30-2)14-22(19)32-4/h7-9,11-15,25H,6,10,16H2,1-5H3/b8-7+,11-9+. The number of carbonyl (C=O) groups excluding carboxylic acids is 1. The highest BCUT2D eigenvalue weighted by Crippen LogP contribution is 2.35. The molecule has 0 bridgehead atoms. The van der Waals surface area contributed by atoms with Crippen molar-refractivity contribution in [3.63, 3.8) is 0 Å². The Hall–Kier alpha value is -3.73. The number of ether oxygens (including phenoxy) is 5.